The Morgan fingerprint density at radius 2 is 2.12 bits per heavy atom. The molecule has 0 aromatic carbocycles. The maximum absolute atomic E-state index is 5.99. The molecule has 4 heteroatoms. The van der Waals surface area contributed by atoms with Crippen molar-refractivity contribution in [2.45, 2.75) is 38.6 Å². The first-order valence-corrected chi connectivity index (χ1v) is 6.46. The zero-order valence-electron chi connectivity index (χ0n) is 9.62. The normalized spacial score (nSPS) is 25.4. The van der Waals surface area contributed by atoms with Gasteiger partial charge in [0, 0.05) is 11.9 Å². The number of halogens is 1. The number of anilines is 1. The summed E-state index contributed by atoms with van der Waals surface area (Å²) in [5.41, 5.74) is 0.947. The number of alkyl halides is 1. The van der Waals surface area contributed by atoms with Crippen LogP contribution >= 0.6 is 11.6 Å². The van der Waals surface area contributed by atoms with E-state index in [-0.39, 0.29) is 0 Å². The third-order valence-electron chi connectivity index (χ3n) is 3.24. The van der Waals surface area contributed by atoms with Crippen molar-refractivity contribution in [2.75, 3.05) is 11.2 Å². The number of nitrogens with one attached hydrogen (secondary N) is 1. The molecule has 1 N–H and O–H groups in total. The average Bonchev–Trinajstić information content (AvgIpc) is 2.33. The van der Waals surface area contributed by atoms with E-state index in [1.807, 2.05) is 19.1 Å². The van der Waals surface area contributed by atoms with Crippen LogP contribution in [0.25, 0.3) is 0 Å². The zero-order chi connectivity index (χ0) is 11.4. The van der Waals surface area contributed by atoms with Gasteiger partial charge in [0.25, 0.3) is 0 Å². The molecule has 0 spiro atoms. The minimum absolute atomic E-state index is 0.461. The van der Waals surface area contributed by atoms with Gasteiger partial charge >= 0.3 is 0 Å². The summed E-state index contributed by atoms with van der Waals surface area (Å²) in [6, 6.07) is 4.43. The minimum Gasteiger partial charge on any atom is -0.366 e. The number of hydrogen-bond acceptors (Lipinski definition) is 3. The summed E-state index contributed by atoms with van der Waals surface area (Å²) in [5, 5.41) is 11.6. The number of rotatable bonds is 3. The van der Waals surface area contributed by atoms with E-state index in [4.69, 9.17) is 11.6 Å². The van der Waals surface area contributed by atoms with Gasteiger partial charge in [-0.1, -0.05) is 12.8 Å². The molecule has 0 radical (unpaired) electrons. The first kappa shape index (κ1) is 11.6. The van der Waals surface area contributed by atoms with Gasteiger partial charge in [-0.25, -0.2) is 0 Å². The Morgan fingerprint density at radius 3 is 2.81 bits per heavy atom. The molecule has 0 amide bonds. The molecule has 88 valence electrons. The topological polar surface area (TPSA) is 37.8 Å². The van der Waals surface area contributed by atoms with Crippen LogP contribution < -0.4 is 5.32 Å². The molecule has 0 bridgehead atoms. The molecule has 0 saturated heterocycles. The van der Waals surface area contributed by atoms with Crippen molar-refractivity contribution in [1.82, 2.24) is 10.2 Å². The van der Waals surface area contributed by atoms with Gasteiger partial charge in [0.15, 0.2) is 0 Å². The molecule has 1 heterocycles. The van der Waals surface area contributed by atoms with E-state index >= 15 is 0 Å². The van der Waals surface area contributed by atoms with Crippen LogP contribution in [0.5, 0.6) is 0 Å². The van der Waals surface area contributed by atoms with Crippen molar-refractivity contribution in [2.24, 2.45) is 5.92 Å². The maximum Gasteiger partial charge on any atom is 0.148 e. The lowest BCUT2D eigenvalue weighted by Crippen LogP contribution is -2.33. The standard InChI is InChI=1S/C12H18ClN3/c1-9-6-7-12(16-15-9)14-11-5-3-2-4-10(11)8-13/h6-7,10-11H,2-5,8H2,1H3,(H,14,16). The fraction of sp³-hybridized carbons (Fsp3) is 0.667. The quantitative estimate of drug-likeness (QED) is 0.824. The van der Waals surface area contributed by atoms with E-state index < -0.39 is 0 Å². The molecular weight excluding hydrogens is 222 g/mol. The number of hydrogen-bond donors (Lipinski definition) is 1. The first-order valence-electron chi connectivity index (χ1n) is 5.92. The van der Waals surface area contributed by atoms with Crippen LogP contribution in [-0.4, -0.2) is 22.1 Å². The Kier molecular flexibility index (Phi) is 3.99. The fourth-order valence-corrected chi connectivity index (χ4v) is 2.62. The number of aryl methyl sites for hydroxylation is 1. The lowest BCUT2D eigenvalue weighted by Gasteiger charge is -2.31. The van der Waals surface area contributed by atoms with Crippen LogP contribution in [-0.2, 0) is 0 Å². The molecule has 1 aliphatic rings. The smallest absolute Gasteiger partial charge is 0.148 e. The molecule has 3 nitrogen and oxygen atoms in total. The number of nitrogens with zero attached hydrogens (tertiary/aromatic N) is 2. The van der Waals surface area contributed by atoms with Crippen LogP contribution in [0.15, 0.2) is 12.1 Å². The van der Waals surface area contributed by atoms with Crippen molar-refractivity contribution < 1.29 is 0 Å². The van der Waals surface area contributed by atoms with Gasteiger partial charge in [0.05, 0.1) is 5.69 Å². The van der Waals surface area contributed by atoms with Gasteiger partial charge in [0.2, 0.25) is 0 Å². The summed E-state index contributed by atoms with van der Waals surface area (Å²) < 4.78 is 0. The van der Waals surface area contributed by atoms with E-state index in [0.717, 1.165) is 17.4 Å². The molecule has 2 unspecified atom stereocenters. The van der Waals surface area contributed by atoms with E-state index in [1.54, 1.807) is 0 Å². The highest BCUT2D eigenvalue weighted by molar-refractivity contribution is 6.18. The van der Waals surface area contributed by atoms with Crippen LogP contribution in [0.4, 0.5) is 5.82 Å². The van der Waals surface area contributed by atoms with E-state index in [1.165, 1.54) is 25.7 Å². The third-order valence-corrected chi connectivity index (χ3v) is 3.63. The van der Waals surface area contributed by atoms with E-state index in [0.29, 0.717) is 12.0 Å². The Bertz CT molecular complexity index is 326. The van der Waals surface area contributed by atoms with Gasteiger partial charge in [-0.3, -0.25) is 0 Å². The minimum atomic E-state index is 0.461. The Morgan fingerprint density at radius 1 is 1.31 bits per heavy atom. The fourth-order valence-electron chi connectivity index (χ4n) is 2.25. The van der Waals surface area contributed by atoms with Gasteiger partial charge in [-0.2, -0.15) is 5.10 Å². The molecule has 16 heavy (non-hydrogen) atoms. The van der Waals surface area contributed by atoms with Crippen molar-refractivity contribution in [1.29, 1.82) is 0 Å². The zero-order valence-corrected chi connectivity index (χ0v) is 10.4. The van der Waals surface area contributed by atoms with E-state index in [2.05, 4.69) is 15.5 Å². The van der Waals surface area contributed by atoms with E-state index in [9.17, 15) is 0 Å². The van der Waals surface area contributed by atoms with Gasteiger partial charge in [-0.05, 0) is 37.8 Å². The largest absolute Gasteiger partial charge is 0.366 e. The molecule has 0 aliphatic heterocycles. The summed E-state index contributed by atoms with van der Waals surface area (Å²) in [6.07, 6.45) is 4.99. The molecule has 1 saturated carbocycles. The second-order valence-corrected chi connectivity index (χ2v) is 4.82. The highest BCUT2D eigenvalue weighted by atomic mass is 35.5. The highest BCUT2D eigenvalue weighted by Gasteiger charge is 2.24. The summed E-state index contributed by atoms with van der Waals surface area (Å²) in [6.45, 7) is 1.94. The molecule has 1 aromatic heterocycles. The predicted octanol–water partition coefficient (Wildman–Crippen LogP) is 2.99. The second kappa shape index (κ2) is 5.48. The molecular formula is C12H18ClN3. The second-order valence-electron chi connectivity index (χ2n) is 4.51. The maximum atomic E-state index is 5.99. The number of aromatic nitrogens is 2. The van der Waals surface area contributed by atoms with Crippen molar-refractivity contribution in [3.8, 4) is 0 Å². The SMILES string of the molecule is Cc1ccc(NC2CCCCC2CCl)nn1. The van der Waals surface area contributed by atoms with Crippen molar-refractivity contribution in [3.63, 3.8) is 0 Å². The molecule has 1 aliphatic carbocycles. The highest BCUT2D eigenvalue weighted by Crippen LogP contribution is 2.27. The lowest BCUT2D eigenvalue weighted by molar-refractivity contribution is 0.352. The summed E-state index contributed by atoms with van der Waals surface area (Å²) in [5.74, 6) is 2.17. The first-order chi connectivity index (χ1) is 7.79. The molecule has 1 fully saturated rings. The summed E-state index contributed by atoms with van der Waals surface area (Å²) in [7, 11) is 0. The molecule has 2 atom stereocenters. The van der Waals surface area contributed by atoms with Gasteiger partial charge in [0.1, 0.15) is 5.82 Å². The van der Waals surface area contributed by atoms with Crippen molar-refractivity contribution >= 4 is 17.4 Å². The summed E-state index contributed by atoms with van der Waals surface area (Å²) >= 11 is 5.99. The van der Waals surface area contributed by atoms with Crippen LogP contribution in [0.1, 0.15) is 31.4 Å². The predicted molar refractivity (Wildman–Crippen MR) is 66.9 cm³/mol. The molecule has 2 rings (SSSR count). The van der Waals surface area contributed by atoms with Crippen LogP contribution in [0, 0.1) is 12.8 Å². The average molecular weight is 240 g/mol. The Balaban J connectivity index is 1.99. The molecule has 1 aromatic rings. The third kappa shape index (κ3) is 2.85. The Hall–Kier alpha value is -0.830. The van der Waals surface area contributed by atoms with Gasteiger partial charge in [-0.15, -0.1) is 16.7 Å². The van der Waals surface area contributed by atoms with Gasteiger partial charge < -0.3 is 5.32 Å². The van der Waals surface area contributed by atoms with Crippen LogP contribution in [0.3, 0.4) is 0 Å². The lowest BCUT2D eigenvalue weighted by atomic mass is 9.86. The monoisotopic (exact) mass is 239 g/mol. The Labute approximate surface area is 102 Å². The van der Waals surface area contributed by atoms with Crippen LogP contribution in [0.2, 0.25) is 0 Å². The van der Waals surface area contributed by atoms with Crippen molar-refractivity contribution in [3.05, 3.63) is 17.8 Å². The summed E-state index contributed by atoms with van der Waals surface area (Å²) in [4.78, 5) is 0.